The molecule has 2 rings (SSSR count). The summed E-state index contributed by atoms with van der Waals surface area (Å²) in [7, 11) is 0. The van der Waals surface area contributed by atoms with Crippen LogP contribution in [0.25, 0.3) is 0 Å². The van der Waals surface area contributed by atoms with Crippen LogP contribution in [0.2, 0.25) is 0 Å². The lowest BCUT2D eigenvalue weighted by molar-refractivity contribution is -0.132. The number of nitrogens with zero attached hydrogens (tertiary/aromatic N) is 1. The lowest BCUT2D eigenvalue weighted by Gasteiger charge is -2.26. The molecule has 1 aliphatic carbocycles. The van der Waals surface area contributed by atoms with Crippen molar-refractivity contribution in [2.45, 2.75) is 32.2 Å². The maximum atomic E-state index is 12.0. The van der Waals surface area contributed by atoms with Gasteiger partial charge in [-0.15, -0.1) is 0 Å². The molecule has 1 amide bonds. The van der Waals surface area contributed by atoms with E-state index >= 15 is 0 Å². The summed E-state index contributed by atoms with van der Waals surface area (Å²) < 4.78 is 0. The standard InChI is InChI=1S/C11H21N3O/c1-8-5-14(7-10(8,2)6-12)9(15)11(13)3-4-11/h8H,3-7,12-13H2,1-2H3/t8-,10-/m1/s1. The van der Waals surface area contributed by atoms with Gasteiger partial charge in [0.2, 0.25) is 5.91 Å². The Kier molecular flexibility index (Phi) is 2.32. The third-order valence-corrected chi connectivity index (χ3v) is 4.20. The van der Waals surface area contributed by atoms with Crippen LogP contribution in [0, 0.1) is 11.3 Å². The van der Waals surface area contributed by atoms with Crippen molar-refractivity contribution in [3.8, 4) is 0 Å². The van der Waals surface area contributed by atoms with Gasteiger partial charge in [0.05, 0.1) is 5.54 Å². The highest BCUT2D eigenvalue weighted by Gasteiger charge is 2.51. The van der Waals surface area contributed by atoms with E-state index < -0.39 is 5.54 Å². The van der Waals surface area contributed by atoms with Gasteiger partial charge in [-0.1, -0.05) is 13.8 Å². The number of hydrogen-bond acceptors (Lipinski definition) is 3. The first-order valence-electron chi connectivity index (χ1n) is 5.70. The van der Waals surface area contributed by atoms with E-state index in [0.29, 0.717) is 12.5 Å². The fourth-order valence-electron chi connectivity index (χ4n) is 2.29. The number of amides is 1. The van der Waals surface area contributed by atoms with Crippen LogP contribution >= 0.6 is 0 Å². The van der Waals surface area contributed by atoms with Gasteiger partial charge in [-0.2, -0.15) is 0 Å². The molecular formula is C11H21N3O. The summed E-state index contributed by atoms with van der Waals surface area (Å²) in [6.07, 6.45) is 1.69. The van der Waals surface area contributed by atoms with E-state index in [-0.39, 0.29) is 11.3 Å². The van der Waals surface area contributed by atoms with Gasteiger partial charge in [-0.25, -0.2) is 0 Å². The Morgan fingerprint density at radius 2 is 2.13 bits per heavy atom. The molecule has 1 heterocycles. The first kappa shape index (κ1) is 10.9. The fraction of sp³-hybridized carbons (Fsp3) is 0.909. The van der Waals surface area contributed by atoms with Crippen LogP contribution in [0.3, 0.4) is 0 Å². The van der Waals surface area contributed by atoms with E-state index in [9.17, 15) is 4.79 Å². The van der Waals surface area contributed by atoms with Crippen molar-refractivity contribution < 1.29 is 4.79 Å². The first-order valence-corrected chi connectivity index (χ1v) is 5.70. The lowest BCUT2D eigenvalue weighted by atomic mass is 9.81. The Morgan fingerprint density at radius 3 is 2.53 bits per heavy atom. The zero-order chi connectivity index (χ0) is 11.3. The van der Waals surface area contributed by atoms with Crippen LogP contribution in [0.5, 0.6) is 0 Å². The Hall–Kier alpha value is -0.610. The highest BCUT2D eigenvalue weighted by molar-refractivity contribution is 5.89. The van der Waals surface area contributed by atoms with Crippen LogP contribution in [-0.4, -0.2) is 36.0 Å². The van der Waals surface area contributed by atoms with Gasteiger partial charge in [0, 0.05) is 18.5 Å². The molecule has 4 N–H and O–H groups in total. The van der Waals surface area contributed by atoms with E-state index in [4.69, 9.17) is 11.5 Å². The summed E-state index contributed by atoms with van der Waals surface area (Å²) in [5, 5.41) is 0. The summed E-state index contributed by atoms with van der Waals surface area (Å²) >= 11 is 0. The van der Waals surface area contributed by atoms with Gasteiger partial charge in [-0.05, 0) is 25.3 Å². The summed E-state index contributed by atoms with van der Waals surface area (Å²) in [4.78, 5) is 13.9. The molecule has 0 bridgehead atoms. The third kappa shape index (κ3) is 1.66. The van der Waals surface area contributed by atoms with Crippen LogP contribution in [0.1, 0.15) is 26.7 Å². The lowest BCUT2D eigenvalue weighted by Crippen LogP contribution is -2.45. The predicted molar refractivity (Wildman–Crippen MR) is 59.1 cm³/mol. The maximum Gasteiger partial charge on any atom is 0.242 e. The Labute approximate surface area is 91.0 Å². The Bertz CT molecular complexity index is 288. The Balaban J connectivity index is 2.06. The highest BCUT2D eigenvalue weighted by Crippen LogP contribution is 2.40. The van der Waals surface area contributed by atoms with Gasteiger partial charge < -0.3 is 16.4 Å². The monoisotopic (exact) mass is 211 g/mol. The number of hydrogen-bond donors (Lipinski definition) is 2. The second-order valence-corrected chi connectivity index (χ2v) is 5.60. The zero-order valence-electron chi connectivity index (χ0n) is 9.62. The minimum atomic E-state index is -0.528. The molecule has 15 heavy (non-hydrogen) atoms. The molecular weight excluding hydrogens is 190 g/mol. The number of likely N-dealkylation sites (tertiary alicyclic amines) is 1. The number of carbonyl (C=O) groups excluding carboxylic acids is 1. The molecule has 2 aliphatic rings. The molecule has 2 fully saturated rings. The van der Waals surface area contributed by atoms with Gasteiger partial charge in [-0.3, -0.25) is 4.79 Å². The molecule has 0 spiro atoms. The van der Waals surface area contributed by atoms with Gasteiger partial charge in [0.1, 0.15) is 0 Å². The van der Waals surface area contributed by atoms with Crippen LogP contribution < -0.4 is 11.5 Å². The van der Waals surface area contributed by atoms with E-state index in [1.54, 1.807) is 0 Å². The van der Waals surface area contributed by atoms with Crippen LogP contribution in [-0.2, 0) is 4.79 Å². The molecule has 4 heteroatoms. The van der Waals surface area contributed by atoms with E-state index in [1.165, 1.54) is 0 Å². The first-order chi connectivity index (χ1) is 6.91. The Morgan fingerprint density at radius 1 is 1.53 bits per heavy atom. The van der Waals surface area contributed by atoms with Crippen LogP contribution in [0.4, 0.5) is 0 Å². The molecule has 4 nitrogen and oxygen atoms in total. The third-order valence-electron chi connectivity index (χ3n) is 4.20. The average Bonchev–Trinajstić information content (AvgIpc) is 2.87. The molecule has 2 atom stereocenters. The molecule has 0 radical (unpaired) electrons. The minimum Gasteiger partial charge on any atom is -0.340 e. The van der Waals surface area contributed by atoms with Crippen molar-refractivity contribution in [2.24, 2.45) is 22.8 Å². The predicted octanol–water partition coefficient (Wildman–Crippen LogP) is -0.0790. The molecule has 0 aromatic carbocycles. The van der Waals surface area contributed by atoms with E-state index in [1.807, 2.05) is 4.90 Å². The summed E-state index contributed by atoms with van der Waals surface area (Å²) in [6.45, 7) is 6.53. The van der Waals surface area contributed by atoms with Crippen molar-refractivity contribution in [3.63, 3.8) is 0 Å². The van der Waals surface area contributed by atoms with E-state index in [0.717, 1.165) is 25.9 Å². The fourth-order valence-corrected chi connectivity index (χ4v) is 2.29. The summed E-state index contributed by atoms with van der Waals surface area (Å²) in [6, 6.07) is 0. The quantitative estimate of drug-likeness (QED) is 0.671. The van der Waals surface area contributed by atoms with Crippen molar-refractivity contribution in [3.05, 3.63) is 0 Å². The second-order valence-electron chi connectivity index (χ2n) is 5.60. The van der Waals surface area contributed by atoms with Crippen molar-refractivity contribution >= 4 is 5.91 Å². The smallest absolute Gasteiger partial charge is 0.242 e. The minimum absolute atomic E-state index is 0.0703. The summed E-state index contributed by atoms with van der Waals surface area (Å²) in [5.74, 6) is 0.598. The van der Waals surface area contributed by atoms with Crippen molar-refractivity contribution in [1.29, 1.82) is 0 Å². The number of nitrogens with two attached hydrogens (primary N) is 2. The normalized spacial score (nSPS) is 38.1. The van der Waals surface area contributed by atoms with Gasteiger partial charge >= 0.3 is 0 Å². The molecule has 1 saturated heterocycles. The van der Waals surface area contributed by atoms with Crippen LogP contribution in [0.15, 0.2) is 0 Å². The number of rotatable bonds is 2. The number of carbonyl (C=O) groups is 1. The SMILES string of the molecule is C[C@@H]1CN(C(=O)C2(N)CC2)C[C@@]1(C)CN. The average molecular weight is 211 g/mol. The topological polar surface area (TPSA) is 72.3 Å². The molecule has 1 aliphatic heterocycles. The summed E-state index contributed by atoms with van der Waals surface area (Å²) in [5.41, 5.74) is 11.2. The van der Waals surface area contributed by atoms with Gasteiger partial charge in [0.25, 0.3) is 0 Å². The maximum absolute atomic E-state index is 12.0. The molecule has 86 valence electrons. The zero-order valence-corrected chi connectivity index (χ0v) is 9.62. The largest absolute Gasteiger partial charge is 0.340 e. The van der Waals surface area contributed by atoms with Crippen molar-refractivity contribution in [2.75, 3.05) is 19.6 Å². The van der Waals surface area contributed by atoms with Gasteiger partial charge in [0.15, 0.2) is 0 Å². The molecule has 0 aromatic heterocycles. The second kappa shape index (κ2) is 3.19. The highest BCUT2D eigenvalue weighted by atomic mass is 16.2. The molecule has 0 unspecified atom stereocenters. The van der Waals surface area contributed by atoms with Crippen molar-refractivity contribution in [1.82, 2.24) is 4.90 Å². The molecule has 1 saturated carbocycles. The van der Waals surface area contributed by atoms with E-state index in [2.05, 4.69) is 13.8 Å². The molecule has 0 aromatic rings.